The van der Waals surface area contributed by atoms with Crippen molar-refractivity contribution in [2.24, 2.45) is 0 Å². The number of amides is 1. The van der Waals surface area contributed by atoms with E-state index in [1.165, 1.54) is 13.3 Å². The fourth-order valence-electron chi connectivity index (χ4n) is 0.743. The second kappa shape index (κ2) is 3.66. The van der Waals surface area contributed by atoms with Gasteiger partial charge in [-0.2, -0.15) is 0 Å². The van der Waals surface area contributed by atoms with E-state index in [1.807, 2.05) is 0 Å². The van der Waals surface area contributed by atoms with Crippen molar-refractivity contribution in [3.05, 3.63) is 12.4 Å². The van der Waals surface area contributed by atoms with Crippen molar-refractivity contribution in [3.63, 3.8) is 0 Å². The molecule has 0 unspecified atom stereocenters. The Morgan fingerprint density at radius 3 is 2.67 bits per heavy atom. The van der Waals surface area contributed by atoms with Crippen LogP contribution in [0.4, 0.5) is 11.6 Å². The number of hydrogen-bond acceptors (Lipinski definition) is 4. The van der Waals surface area contributed by atoms with Gasteiger partial charge in [0.15, 0.2) is 0 Å². The Morgan fingerprint density at radius 1 is 1.42 bits per heavy atom. The average molecular weight is 166 g/mol. The minimum atomic E-state index is -0.143. The highest BCUT2D eigenvalue weighted by Gasteiger charge is 1.97. The summed E-state index contributed by atoms with van der Waals surface area (Å²) in [5.41, 5.74) is 0. The van der Waals surface area contributed by atoms with Gasteiger partial charge in [0.05, 0.1) is 0 Å². The summed E-state index contributed by atoms with van der Waals surface area (Å²) in [6.07, 6.45) is 1.39. The van der Waals surface area contributed by atoms with Crippen LogP contribution in [0.1, 0.15) is 6.92 Å². The van der Waals surface area contributed by atoms with Crippen LogP contribution < -0.4 is 10.6 Å². The normalized spacial score (nSPS) is 9.17. The highest BCUT2D eigenvalue weighted by atomic mass is 16.1. The molecule has 0 bridgehead atoms. The highest BCUT2D eigenvalue weighted by molar-refractivity contribution is 5.87. The Labute approximate surface area is 70.2 Å². The summed E-state index contributed by atoms with van der Waals surface area (Å²) < 4.78 is 0. The van der Waals surface area contributed by atoms with E-state index < -0.39 is 0 Å². The standard InChI is InChI=1S/C7H10N4O/c1-5(12)11-7-3-6(8-2)9-4-10-7/h3-4H,1-2H3,(H2,8,9,10,11,12). The van der Waals surface area contributed by atoms with Gasteiger partial charge in [0.25, 0.3) is 0 Å². The van der Waals surface area contributed by atoms with Crippen LogP contribution in [0.2, 0.25) is 0 Å². The fourth-order valence-corrected chi connectivity index (χ4v) is 0.743. The van der Waals surface area contributed by atoms with Gasteiger partial charge >= 0.3 is 0 Å². The Kier molecular flexibility index (Phi) is 2.57. The predicted molar refractivity (Wildman–Crippen MR) is 45.9 cm³/mol. The van der Waals surface area contributed by atoms with E-state index >= 15 is 0 Å². The molecule has 12 heavy (non-hydrogen) atoms. The molecule has 0 aliphatic heterocycles. The van der Waals surface area contributed by atoms with Gasteiger partial charge in [-0.05, 0) is 0 Å². The van der Waals surface area contributed by atoms with Gasteiger partial charge in [-0.25, -0.2) is 9.97 Å². The van der Waals surface area contributed by atoms with Crippen molar-refractivity contribution in [2.45, 2.75) is 6.92 Å². The van der Waals surface area contributed by atoms with Crippen molar-refractivity contribution < 1.29 is 4.79 Å². The SMILES string of the molecule is CNc1cc(NC(C)=O)ncn1. The van der Waals surface area contributed by atoms with Gasteiger partial charge in [-0.1, -0.05) is 0 Å². The molecule has 1 amide bonds. The predicted octanol–water partition coefficient (Wildman–Crippen LogP) is 0.477. The van der Waals surface area contributed by atoms with E-state index in [2.05, 4.69) is 20.6 Å². The van der Waals surface area contributed by atoms with Crippen molar-refractivity contribution in [2.75, 3.05) is 17.7 Å². The van der Waals surface area contributed by atoms with E-state index in [1.54, 1.807) is 13.1 Å². The number of nitrogens with one attached hydrogen (secondary N) is 2. The van der Waals surface area contributed by atoms with E-state index in [-0.39, 0.29) is 5.91 Å². The molecular formula is C7H10N4O. The first-order valence-corrected chi connectivity index (χ1v) is 3.50. The molecule has 5 nitrogen and oxygen atoms in total. The molecule has 5 heteroatoms. The van der Waals surface area contributed by atoms with E-state index in [0.29, 0.717) is 11.6 Å². The Hall–Kier alpha value is -1.65. The lowest BCUT2D eigenvalue weighted by atomic mass is 10.5. The molecule has 0 saturated carbocycles. The monoisotopic (exact) mass is 166 g/mol. The number of nitrogens with zero attached hydrogens (tertiary/aromatic N) is 2. The molecule has 1 aromatic rings. The average Bonchev–Trinajstić information content (AvgIpc) is 2.03. The zero-order valence-electron chi connectivity index (χ0n) is 6.96. The number of rotatable bonds is 2. The molecule has 0 spiro atoms. The van der Waals surface area contributed by atoms with Crippen molar-refractivity contribution in [1.29, 1.82) is 0 Å². The molecule has 1 heterocycles. The molecule has 0 radical (unpaired) electrons. The molecule has 0 aromatic carbocycles. The lowest BCUT2D eigenvalue weighted by Crippen LogP contribution is -2.08. The summed E-state index contributed by atoms with van der Waals surface area (Å²) >= 11 is 0. The van der Waals surface area contributed by atoms with Gasteiger partial charge in [0.1, 0.15) is 18.0 Å². The van der Waals surface area contributed by atoms with Gasteiger partial charge in [-0.15, -0.1) is 0 Å². The van der Waals surface area contributed by atoms with E-state index in [4.69, 9.17) is 0 Å². The maximum Gasteiger partial charge on any atom is 0.222 e. The van der Waals surface area contributed by atoms with Crippen LogP contribution in [0.15, 0.2) is 12.4 Å². The smallest absolute Gasteiger partial charge is 0.222 e. The number of carbonyl (C=O) groups is 1. The zero-order chi connectivity index (χ0) is 8.97. The van der Waals surface area contributed by atoms with Gasteiger partial charge in [0.2, 0.25) is 5.91 Å². The quantitative estimate of drug-likeness (QED) is 0.670. The van der Waals surface area contributed by atoms with Crippen LogP contribution in [-0.4, -0.2) is 22.9 Å². The molecule has 0 fully saturated rings. The van der Waals surface area contributed by atoms with Crippen LogP contribution in [0.5, 0.6) is 0 Å². The molecule has 2 N–H and O–H groups in total. The van der Waals surface area contributed by atoms with Gasteiger partial charge in [0, 0.05) is 20.0 Å². The summed E-state index contributed by atoms with van der Waals surface area (Å²) in [4.78, 5) is 18.4. The number of hydrogen-bond donors (Lipinski definition) is 2. The van der Waals surface area contributed by atoms with Crippen LogP contribution in [0.25, 0.3) is 0 Å². The van der Waals surface area contributed by atoms with Crippen molar-refractivity contribution in [1.82, 2.24) is 9.97 Å². The lowest BCUT2D eigenvalue weighted by Gasteiger charge is -2.02. The summed E-state index contributed by atoms with van der Waals surface area (Å²) in [6.45, 7) is 1.43. The fraction of sp³-hybridized carbons (Fsp3) is 0.286. The number of aromatic nitrogens is 2. The van der Waals surface area contributed by atoms with Crippen molar-refractivity contribution >= 4 is 17.5 Å². The maximum absolute atomic E-state index is 10.6. The first-order chi connectivity index (χ1) is 5.72. The molecule has 64 valence electrons. The summed E-state index contributed by atoms with van der Waals surface area (Å²) in [5.74, 6) is 1.03. The van der Waals surface area contributed by atoms with E-state index in [9.17, 15) is 4.79 Å². The van der Waals surface area contributed by atoms with Crippen LogP contribution >= 0.6 is 0 Å². The summed E-state index contributed by atoms with van der Waals surface area (Å²) in [6, 6.07) is 1.65. The van der Waals surface area contributed by atoms with E-state index in [0.717, 1.165) is 0 Å². The Morgan fingerprint density at radius 2 is 2.08 bits per heavy atom. The molecule has 0 aliphatic rings. The lowest BCUT2D eigenvalue weighted by molar-refractivity contribution is -0.114. The third-order valence-electron chi connectivity index (χ3n) is 1.23. The minimum Gasteiger partial charge on any atom is -0.373 e. The summed E-state index contributed by atoms with van der Waals surface area (Å²) in [7, 11) is 1.75. The number of carbonyl (C=O) groups excluding carboxylic acids is 1. The first-order valence-electron chi connectivity index (χ1n) is 3.50. The second-order valence-corrected chi connectivity index (χ2v) is 2.22. The topological polar surface area (TPSA) is 66.9 Å². The third-order valence-corrected chi connectivity index (χ3v) is 1.23. The maximum atomic E-state index is 10.6. The molecule has 0 atom stereocenters. The van der Waals surface area contributed by atoms with Gasteiger partial charge < -0.3 is 10.6 Å². The van der Waals surface area contributed by atoms with Crippen LogP contribution in [0, 0.1) is 0 Å². The Balaban J connectivity index is 2.79. The molecule has 1 rings (SSSR count). The van der Waals surface area contributed by atoms with Crippen molar-refractivity contribution in [3.8, 4) is 0 Å². The minimum absolute atomic E-state index is 0.143. The second-order valence-electron chi connectivity index (χ2n) is 2.22. The first kappa shape index (κ1) is 8.45. The Bertz CT molecular complexity index is 286. The van der Waals surface area contributed by atoms with Crippen LogP contribution in [0.3, 0.4) is 0 Å². The molecule has 0 saturated heterocycles. The number of anilines is 2. The molecular weight excluding hydrogens is 156 g/mol. The summed E-state index contributed by atoms with van der Waals surface area (Å²) in [5, 5.41) is 5.39. The zero-order valence-corrected chi connectivity index (χ0v) is 6.96. The largest absolute Gasteiger partial charge is 0.373 e. The molecule has 0 aliphatic carbocycles. The third kappa shape index (κ3) is 2.19. The van der Waals surface area contributed by atoms with Crippen LogP contribution in [-0.2, 0) is 4.79 Å². The molecule has 1 aromatic heterocycles. The highest BCUT2D eigenvalue weighted by Crippen LogP contribution is 2.06. The van der Waals surface area contributed by atoms with Gasteiger partial charge in [-0.3, -0.25) is 4.79 Å².